The SMILES string of the molecule is Cc1ccccc1NC(=O)N1CCCC(c2cc(NCc3cccnc3)n3ncc(Br)c3n2)C1. The largest absolute Gasteiger partial charge is 0.366 e. The van der Waals surface area contributed by atoms with Crippen LogP contribution in [0.1, 0.15) is 35.6 Å². The summed E-state index contributed by atoms with van der Waals surface area (Å²) in [6, 6.07) is 13.8. The number of nitrogens with zero attached hydrogens (tertiary/aromatic N) is 5. The Kier molecular flexibility index (Phi) is 6.44. The highest BCUT2D eigenvalue weighted by atomic mass is 79.9. The van der Waals surface area contributed by atoms with Gasteiger partial charge in [0.2, 0.25) is 0 Å². The predicted octanol–water partition coefficient (Wildman–Crippen LogP) is 5.22. The first-order valence-electron chi connectivity index (χ1n) is 11.4. The van der Waals surface area contributed by atoms with Gasteiger partial charge in [-0.3, -0.25) is 4.98 Å². The molecule has 1 unspecified atom stereocenters. The zero-order valence-electron chi connectivity index (χ0n) is 18.9. The van der Waals surface area contributed by atoms with Crippen LogP contribution in [0.5, 0.6) is 0 Å². The number of benzene rings is 1. The number of hydrogen-bond acceptors (Lipinski definition) is 5. The number of nitrogens with one attached hydrogen (secondary N) is 2. The fourth-order valence-corrected chi connectivity index (χ4v) is 4.64. The van der Waals surface area contributed by atoms with Crippen LogP contribution in [0, 0.1) is 6.92 Å². The van der Waals surface area contributed by atoms with E-state index in [1.54, 1.807) is 16.9 Å². The topological polar surface area (TPSA) is 87.5 Å². The van der Waals surface area contributed by atoms with Gasteiger partial charge in [-0.05, 0) is 59.0 Å². The molecule has 1 atom stereocenters. The number of hydrogen-bond donors (Lipinski definition) is 2. The summed E-state index contributed by atoms with van der Waals surface area (Å²) in [5.41, 5.74) is 4.69. The minimum Gasteiger partial charge on any atom is -0.366 e. The third kappa shape index (κ3) is 4.75. The molecule has 1 aliphatic heterocycles. The maximum atomic E-state index is 13.0. The van der Waals surface area contributed by atoms with Gasteiger partial charge in [0.05, 0.1) is 16.4 Å². The molecule has 1 saturated heterocycles. The number of carbonyl (C=O) groups is 1. The van der Waals surface area contributed by atoms with Crippen LogP contribution in [0.15, 0.2) is 65.5 Å². The predicted molar refractivity (Wildman–Crippen MR) is 136 cm³/mol. The normalized spacial score (nSPS) is 15.9. The number of rotatable bonds is 5. The molecule has 174 valence electrons. The lowest BCUT2D eigenvalue weighted by Crippen LogP contribution is -2.41. The number of halogens is 1. The fourth-order valence-electron chi connectivity index (χ4n) is 4.30. The summed E-state index contributed by atoms with van der Waals surface area (Å²) in [6.07, 6.45) is 7.27. The van der Waals surface area contributed by atoms with Crippen molar-refractivity contribution in [2.24, 2.45) is 0 Å². The van der Waals surface area contributed by atoms with Gasteiger partial charge in [0.25, 0.3) is 0 Å². The van der Waals surface area contributed by atoms with Crippen LogP contribution in [-0.4, -0.2) is 43.6 Å². The lowest BCUT2D eigenvalue weighted by molar-refractivity contribution is 0.192. The number of fused-ring (bicyclic) bond motifs is 1. The van der Waals surface area contributed by atoms with Crippen LogP contribution in [0.4, 0.5) is 16.3 Å². The number of piperidine rings is 1. The van der Waals surface area contributed by atoms with Crippen LogP contribution in [-0.2, 0) is 6.54 Å². The van der Waals surface area contributed by atoms with Crippen LogP contribution in [0.2, 0.25) is 0 Å². The summed E-state index contributed by atoms with van der Waals surface area (Å²) in [5.74, 6) is 0.998. The molecule has 0 saturated carbocycles. The van der Waals surface area contributed by atoms with Crippen LogP contribution < -0.4 is 10.6 Å². The third-order valence-electron chi connectivity index (χ3n) is 6.16. The number of anilines is 2. The standard InChI is InChI=1S/C25H26BrN7O/c1-17-6-2-3-9-21(17)31-25(34)32-11-5-8-19(16-32)22-12-23(28-14-18-7-4-10-27-13-18)33-24(30-22)20(26)15-29-33/h2-4,6-7,9-10,12-13,15,19,28H,5,8,11,14,16H2,1H3,(H,31,34). The highest BCUT2D eigenvalue weighted by Crippen LogP contribution is 2.30. The molecule has 9 heteroatoms. The van der Waals surface area contributed by atoms with Gasteiger partial charge < -0.3 is 15.5 Å². The Hall–Kier alpha value is -3.46. The van der Waals surface area contributed by atoms with Gasteiger partial charge in [0, 0.05) is 49.7 Å². The fraction of sp³-hybridized carbons (Fsp3) is 0.280. The second-order valence-electron chi connectivity index (χ2n) is 8.54. The van der Waals surface area contributed by atoms with Crippen LogP contribution in [0.3, 0.4) is 0 Å². The molecule has 2 amide bonds. The Morgan fingerprint density at radius 1 is 1.21 bits per heavy atom. The molecular formula is C25H26BrN7O. The Labute approximate surface area is 206 Å². The zero-order chi connectivity index (χ0) is 23.5. The zero-order valence-corrected chi connectivity index (χ0v) is 20.5. The first-order chi connectivity index (χ1) is 16.6. The average molecular weight is 520 g/mol. The molecule has 1 aliphatic rings. The van der Waals surface area contributed by atoms with Crippen molar-refractivity contribution < 1.29 is 4.79 Å². The monoisotopic (exact) mass is 519 g/mol. The number of pyridine rings is 1. The minimum absolute atomic E-state index is 0.0689. The van der Waals surface area contributed by atoms with E-state index in [1.807, 2.05) is 54.4 Å². The first kappa shape index (κ1) is 22.3. The van der Waals surface area contributed by atoms with Crippen LogP contribution in [0.25, 0.3) is 5.65 Å². The highest BCUT2D eigenvalue weighted by Gasteiger charge is 2.27. The second kappa shape index (κ2) is 9.80. The van der Waals surface area contributed by atoms with E-state index in [2.05, 4.69) is 42.7 Å². The van der Waals surface area contributed by atoms with Crippen molar-refractivity contribution >= 4 is 39.1 Å². The summed E-state index contributed by atoms with van der Waals surface area (Å²) < 4.78 is 2.64. The highest BCUT2D eigenvalue weighted by molar-refractivity contribution is 9.10. The summed E-state index contributed by atoms with van der Waals surface area (Å²) in [4.78, 5) is 24.0. The molecule has 3 aromatic heterocycles. The maximum Gasteiger partial charge on any atom is 0.321 e. The van der Waals surface area contributed by atoms with Crippen molar-refractivity contribution in [2.45, 2.75) is 32.2 Å². The van der Waals surface area contributed by atoms with E-state index >= 15 is 0 Å². The van der Waals surface area contributed by atoms with E-state index in [0.717, 1.165) is 57.8 Å². The smallest absolute Gasteiger partial charge is 0.321 e. The van der Waals surface area contributed by atoms with Gasteiger partial charge in [-0.15, -0.1) is 0 Å². The molecule has 5 rings (SSSR count). The summed E-state index contributed by atoms with van der Waals surface area (Å²) >= 11 is 3.58. The summed E-state index contributed by atoms with van der Waals surface area (Å²) in [7, 11) is 0. The van der Waals surface area contributed by atoms with Crippen molar-refractivity contribution in [3.63, 3.8) is 0 Å². The summed E-state index contributed by atoms with van der Waals surface area (Å²) in [5, 5.41) is 11.0. The van der Waals surface area contributed by atoms with E-state index in [0.29, 0.717) is 13.1 Å². The molecule has 4 heterocycles. The number of aryl methyl sites for hydroxylation is 1. The van der Waals surface area contributed by atoms with Crippen molar-refractivity contribution in [2.75, 3.05) is 23.7 Å². The van der Waals surface area contributed by atoms with Crippen molar-refractivity contribution in [3.8, 4) is 0 Å². The number of para-hydroxylation sites is 1. The molecule has 1 aromatic carbocycles. The van der Waals surface area contributed by atoms with Gasteiger partial charge in [0.15, 0.2) is 5.65 Å². The van der Waals surface area contributed by atoms with Gasteiger partial charge in [-0.25, -0.2) is 9.78 Å². The third-order valence-corrected chi connectivity index (χ3v) is 6.72. The molecule has 0 bridgehead atoms. The van der Waals surface area contributed by atoms with Gasteiger partial charge in [-0.1, -0.05) is 24.3 Å². The molecule has 4 aromatic rings. The van der Waals surface area contributed by atoms with Gasteiger partial charge in [-0.2, -0.15) is 9.61 Å². The Morgan fingerprint density at radius 3 is 2.91 bits per heavy atom. The van der Waals surface area contributed by atoms with Crippen LogP contribution >= 0.6 is 15.9 Å². The van der Waals surface area contributed by atoms with Gasteiger partial charge >= 0.3 is 6.03 Å². The lowest BCUT2D eigenvalue weighted by Gasteiger charge is -2.33. The van der Waals surface area contributed by atoms with Crippen molar-refractivity contribution in [1.82, 2.24) is 24.5 Å². The molecule has 0 aliphatic carbocycles. The molecule has 0 radical (unpaired) electrons. The van der Waals surface area contributed by atoms with E-state index in [4.69, 9.17) is 4.98 Å². The Balaban J connectivity index is 1.37. The average Bonchev–Trinajstić information content (AvgIpc) is 3.25. The summed E-state index contributed by atoms with van der Waals surface area (Å²) in [6.45, 7) is 3.98. The molecule has 1 fully saturated rings. The van der Waals surface area contributed by atoms with E-state index in [-0.39, 0.29) is 11.9 Å². The number of amides is 2. The van der Waals surface area contributed by atoms with Gasteiger partial charge in [0.1, 0.15) is 5.82 Å². The molecule has 34 heavy (non-hydrogen) atoms. The number of urea groups is 1. The van der Waals surface area contributed by atoms with E-state index in [1.165, 1.54) is 0 Å². The number of aromatic nitrogens is 4. The molecule has 0 spiro atoms. The quantitative estimate of drug-likeness (QED) is 0.377. The van der Waals surface area contributed by atoms with Crippen molar-refractivity contribution in [1.29, 1.82) is 0 Å². The molecule has 2 N–H and O–H groups in total. The maximum absolute atomic E-state index is 13.0. The van der Waals surface area contributed by atoms with E-state index in [9.17, 15) is 4.79 Å². The first-order valence-corrected chi connectivity index (χ1v) is 12.2. The Bertz CT molecular complexity index is 1310. The second-order valence-corrected chi connectivity index (χ2v) is 9.39. The minimum atomic E-state index is -0.0689. The lowest BCUT2D eigenvalue weighted by atomic mass is 9.94. The van der Waals surface area contributed by atoms with E-state index < -0.39 is 0 Å². The Morgan fingerprint density at radius 2 is 2.09 bits per heavy atom. The molecule has 8 nitrogen and oxygen atoms in total. The molecular weight excluding hydrogens is 494 g/mol. The number of carbonyl (C=O) groups excluding carboxylic acids is 1. The van der Waals surface area contributed by atoms with Crippen molar-refractivity contribution in [3.05, 3.63) is 82.3 Å². The number of likely N-dealkylation sites (tertiary alicyclic amines) is 1.